The van der Waals surface area contributed by atoms with Crippen LogP contribution in [0.2, 0.25) is 0 Å². The summed E-state index contributed by atoms with van der Waals surface area (Å²) in [6, 6.07) is 15.9. The van der Waals surface area contributed by atoms with E-state index < -0.39 is 0 Å². The number of carbonyl (C=O) groups excluding carboxylic acids is 1. The van der Waals surface area contributed by atoms with Crippen LogP contribution < -0.4 is 9.80 Å². The number of hydrogen-bond donors (Lipinski definition) is 0. The Labute approximate surface area is 165 Å². The Hall–Kier alpha value is -3.21. The van der Waals surface area contributed by atoms with Crippen molar-refractivity contribution in [3.8, 4) is 0 Å². The number of aryl methyl sites for hydroxylation is 1. The van der Waals surface area contributed by atoms with Gasteiger partial charge in [0.05, 0.1) is 0 Å². The van der Waals surface area contributed by atoms with Gasteiger partial charge in [-0.3, -0.25) is 9.78 Å². The lowest BCUT2D eigenvalue weighted by Crippen LogP contribution is -2.35. The first-order chi connectivity index (χ1) is 13.7. The lowest BCUT2D eigenvalue weighted by atomic mass is 10.0. The van der Waals surface area contributed by atoms with Gasteiger partial charge in [-0.2, -0.15) is 0 Å². The molecule has 0 spiro atoms. The molecular weight excluding hydrogens is 348 g/mol. The Morgan fingerprint density at radius 1 is 1.11 bits per heavy atom. The molecule has 0 unspecified atom stereocenters. The summed E-state index contributed by atoms with van der Waals surface area (Å²) in [5.74, 6) is 0.850. The first-order valence-corrected chi connectivity index (χ1v) is 9.68. The molecule has 0 radical (unpaired) electrons. The van der Waals surface area contributed by atoms with E-state index in [9.17, 15) is 4.79 Å². The minimum Gasteiger partial charge on any atom is -0.359 e. The van der Waals surface area contributed by atoms with Crippen molar-refractivity contribution in [2.45, 2.75) is 19.3 Å². The molecule has 0 fully saturated rings. The Bertz CT molecular complexity index is 958. The van der Waals surface area contributed by atoms with Crippen LogP contribution in [0.4, 0.5) is 11.5 Å². The van der Waals surface area contributed by atoms with Crippen molar-refractivity contribution >= 4 is 17.4 Å². The van der Waals surface area contributed by atoms with E-state index in [1.807, 2.05) is 60.7 Å². The van der Waals surface area contributed by atoms with Crippen molar-refractivity contribution in [1.29, 1.82) is 0 Å². The molecule has 1 amide bonds. The van der Waals surface area contributed by atoms with Gasteiger partial charge in [0.25, 0.3) is 5.91 Å². The van der Waals surface area contributed by atoms with Crippen molar-refractivity contribution in [3.05, 3.63) is 83.8 Å². The third-order valence-corrected chi connectivity index (χ3v) is 5.22. The molecule has 28 heavy (non-hydrogen) atoms. The summed E-state index contributed by atoms with van der Waals surface area (Å²) in [6.45, 7) is 1.58. The molecule has 5 heteroatoms. The first kappa shape index (κ1) is 18.2. The highest BCUT2D eigenvalue weighted by Gasteiger charge is 2.23. The summed E-state index contributed by atoms with van der Waals surface area (Å²) >= 11 is 0. The average Bonchev–Trinajstić information content (AvgIpc) is 2.77. The van der Waals surface area contributed by atoms with Crippen LogP contribution in [-0.2, 0) is 12.8 Å². The Balaban J connectivity index is 1.50. The molecule has 0 aliphatic carbocycles. The maximum atomic E-state index is 13.2. The van der Waals surface area contributed by atoms with Gasteiger partial charge in [0.15, 0.2) is 0 Å². The molecule has 5 nitrogen and oxygen atoms in total. The molecule has 0 saturated carbocycles. The summed E-state index contributed by atoms with van der Waals surface area (Å²) in [5.41, 5.74) is 4.19. The predicted molar refractivity (Wildman–Crippen MR) is 112 cm³/mol. The van der Waals surface area contributed by atoms with Crippen LogP contribution in [0.25, 0.3) is 0 Å². The maximum Gasteiger partial charge on any atom is 0.258 e. The zero-order chi connectivity index (χ0) is 19.3. The lowest BCUT2D eigenvalue weighted by Gasteiger charge is -2.29. The standard InChI is InChI=1S/C23H24N4O/c1-26(16-11-18-8-12-24-13-9-18)22-17-20(10-14-25-22)23(28)27-15-4-6-19-5-2-3-7-21(19)27/h2-3,5,7-10,12-14,17H,4,6,11,15-16H2,1H3. The summed E-state index contributed by atoms with van der Waals surface area (Å²) in [4.78, 5) is 25.7. The third-order valence-electron chi connectivity index (χ3n) is 5.22. The van der Waals surface area contributed by atoms with Crippen LogP contribution in [0.5, 0.6) is 0 Å². The van der Waals surface area contributed by atoms with Crippen molar-refractivity contribution in [2.24, 2.45) is 0 Å². The Morgan fingerprint density at radius 3 is 2.79 bits per heavy atom. The number of amides is 1. The zero-order valence-corrected chi connectivity index (χ0v) is 16.1. The van der Waals surface area contributed by atoms with Crippen molar-refractivity contribution in [2.75, 3.05) is 29.9 Å². The number of hydrogen-bond acceptors (Lipinski definition) is 4. The van der Waals surface area contributed by atoms with Gasteiger partial charge in [-0.05, 0) is 60.7 Å². The SMILES string of the molecule is CN(CCc1ccncc1)c1cc(C(=O)N2CCCc3ccccc32)ccn1. The number of benzene rings is 1. The van der Waals surface area contributed by atoms with Gasteiger partial charge in [-0.1, -0.05) is 18.2 Å². The predicted octanol–water partition coefficient (Wildman–Crippen LogP) is 3.75. The van der Waals surface area contributed by atoms with E-state index in [-0.39, 0.29) is 5.91 Å². The second-order valence-corrected chi connectivity index (χ2v) is 7.12. The Kier molecular flexibility index (Phi) is 5.33. The highest BCUT2D eigenvalue weighted by Crippen LogP contribution is 2.28. The minimum atomic E-state index is 0.0401. The fraction of sp³-hybridized carbons (Fsp3) is 0.261. The van der Waals surface area contributed by atoms with Crippen LogP contribution in [0.3, 0.4) is 0 Å². The second-order valence-electron chi connectivity index (χ2n) is 7.12. The second kappa shape index (κ2) is 8.21. The third kappa shape index (κ3) is 3.88. The maximum absolute atomic E-state index is 13.2. The number of aromatic nitrogens is 2. The molecule has 0 saturated heterocycles. The number of fused-ring (bicyclic) bond motifs is 1. The smallest absolute Gasteiger partial charge is 0.258 e. The minimum absolute atomic E-state index is 0.0401. The normalized spacial score (nSPS) is 13.1. The summed E-state index contributed by atoms with van der Waals surface area (Å²) in [5, 5.41) is 0. The van der Waals surface area contributed by atoms with Gasteiger partial charge in [0, 0.05) is 50.0 Å². The molecule has 1 aliphatic rings. The fourth-order valence-electron chi connectivity index (χ4n) is 3.62. The monoisotopic (exact) mass is 372 g/mol. The van der Waals surface area contributed by atoms with Gasteiger partial charge in [0.2, 0.25) is 0 Å². The molecule has 0 atom stereocenters. The molecular formula is C23H24N4O. The number of pyridine rings is 2. The molecule has 3 aromatic rings. The van der Waals surface area contributed by atoms with Crippen LogP contribution in [0, 0.1) is 0 Å². The van der Waals surface area contributed by atoms with Crippen molar-refractivity contribution in [3.63, 3.8) is 0 Å². The van der Waals surface area contributed by atoms with Crippen LogP contribution in [0.1, 0.15) is 27.9 Å². The molecule has 4 rings (SSSR count). The largest absolute Gasteiger partial charge is 0.359 e. The van der Waals surface area contributed by atoms with Crippen molar-refractivity contribution in [1.82, 2.24) is 9.97 Å². The van der Waals surface area contributed by atoms with Gasteiger partial charge >= 0.3 is 0 Å². The molecule has 3 heterocycles. The van der Waals surface area contributed by atoms with Gasteiger partial charge in [-0.15, -0.1) is 0 Å². The van der Waals surface area contributed by atoms with Gasteiger partial charge in [-0.25, -0.2) is 4.98 Å². The average molecular weight is 372 g/mol. The highest BCUT2D eigenvalue weighted by atomic mass is 16.2. The van der Waals surface area contributed by atoms with E-state index in [1.54, 1.807) is 12.3 Å². The number of nitrogens with zero attached hydrogens (tertiary/aromatic N) is 4. The Morgan fingerprint density at radius 2 is 1.93 bits per heavy atom. The van der Waals surface area contributed by atoms with Crippen LogP contribution in [0.15, 0.2) is 67.1 Å². The van der Waals surface area contributed by atoms with Crippen LogP contribution in [-0.4, -0.2) is 36.0 Å². The quantitative estimate of drug-likeness (QED) is 0.684. The summed E-state index contributed by atoms with van der Waals surface area (Å²) in [7, 11) is 2.01. The van der Waals surface area contributed by atoms with E-state index in [2.05, 4.69) is 20.9 Å². The topological polar surface area (TPSA) is 49.3 Å². The van der Waals surface area contributed by atoms with Gasteiger partial charge < -0.3 is 9.80 Å². The molecule has 142 valence electrons. The molecule has 0 bridgehead atoms. The fourth-order valence-corrected chi connectivity index (χ4v) is 3.62. The van der Waals surface area contributed by atoms with Gasteiger partial charge in [0.1, 0.15) is 5.82 Å². The summed E-state index contributed by atoms with van der Waals surface area (Å²) < 4.78 is 0. The molecule has 1 aromatic carbocycles. The lowest BCUT2D eigenvalue weighted by molar-refractivity contribution is 0.0985. The first-order valence-electron chi connectivity index (χ1n) is 9.68. The van der Waals surface area contributed by atoms with E-state index in [1.165, 1.54) is 11.1 Å². The number of likely N-dealkylation sites (N-methyl/N-ethyl adjacent to an activating group) is 1. The van der Waals surface area contributed by atoms with E-state index >= 15 is 0 Å². The number of carbonyl (C=O) groups is 1. The van der Waals surface area contributed by atoms with E-state index in [4.69, 9.17) is 0 Å². The van der Waals surface area contributed by atoms with E-state index in [0.29, 0.717) is 5.56 Å². The molecule has 1 aliphatic heterocycles. The van der Waals surface area contributed by atoms with Crippen LogP contribution >= 0.6 is 0 Å². The van der Waals surface area contributed by atoms with Crippen molar-refractivity contribution < 1.29 is 4.79 Å². The highest BCUT2D eigenvalue weighted by molar-refractivity contribution is 6.07. The molecule has 2 aromatic heterocycles. The number of anilines is 2. The number of para-hydroxylation sites is 1. The van der Waals surface area contributed by atoms with E-state index in [0.717, 1.165) is 43.9 Å². The zero-order valence-electron chi connectivity index (χ0n) is 16.1. The molecule has 0 N–H and O–H groups in total. The number of rotatable bonds is 5. The summed E-state index contributed by atoms with van der Waals surface area (Å²) in [6.07, 6.45) is 8.26.